The number of nitrogens with zero attached hydrogens (tertiary/aromatic N) is 5. The molecule has 96 heavy (non-hydrogen) atoms. The number of carbonyl (C=O) groups excluding carboxylic acids is 5. The van der Waals surface area contributed by atoms with E-state index in [1.54, 1.807) is 37.4 Å². The second-order valence-electron chi connectivity index (χ2n) is 26.9. The minimum atomic E-state index is -0.544. The molecule has 0 saturated carbocycles. The summed E-state index contributed by atoms with van der Waals surface area (Å²) in [5.41, 5.74) is 7.17. The summed E-state index contributed by atoms with van der Waals surface area (Å²) in [5, 5.41) is 41.8. The molecule has 1 aromatic heterocycles. The monoisotopic (exact) mass is 1370 g/mol. The van der Waals surface area contributed by atoms with Crippen LogP contribution >= 0.6 is 11.6 Å². The van der Waals surface area contributed by atoms with Crippen molar-refractivity contribution in [2.75, 3.05) is 19.5 Å². The first-order valence-electron chi connectivity index (χ1n) is 35.2. The number of nitrogens with one attached hydrogen (secondary N) is 1. The lowest BCUT2D eigenvalue weighted by Crippen LogP contribution is -2.42. The molecule has 0 fully saturated rings. The zero-order valence-electron chi connectivity index (χ0n) is 63.8. The van der Waals surface area contributed by atoms with Crippen molar-refractivity contribution in [2.45, 2.75) is 286 Å². The molecule has 0 saturated heterocycles. The summed E-state index contributed by atoms with van der Waals surface area (Å²) >= 11 is 5.80. The fourth-order valence-corrected chi connectivity index (χ4v) is 9.10. The standard InChI is InChI=1S/C15H19NO2.C14H19NO4.C13H17ClFN3.C7H17N.2C7H16O.C7H14O.C6H13NO2/c1-4-7-13(10(2)3)16-14(17)11-8-5-6-9-12(11)15(16)18;1-4-5-13(10(2)3)19-14(16)11-6-8-12(9-7-11)15(17)18;1-4-5-11(8(2)3)17-13-10(15)6-9(7-16)12(14)18-13;4*1-4-5-7(8)6(2)3;1-5(2)6(8)7(3)9-4/h5-6,8-10,13H,4,7H2,1-3H3;6-10,13H,4-5H2,1-3H3;6,8,11H,4-5H2,1-3H3,(H,17,18);6-7H,4-5,8H2,1-3H3;2*6-8H,4-5H2,1-3H3;6H,4-5H2,1-3H3;5H,1-4H3/t13-;;11-;7-;;;;/m1.11..../s1. The Labute approximate surface area is 585 Å². The number of esters is 1. The molecule has 6 atom stereocenters. The van der Waals surface area contributed by atoms with Gasteiger partial charge in [0.25, 0.3) is 17.5 Å². The number of aliphatic hydroxyl groups excluding tert-OH is 2. The number of hydrogen-bond acceptors (Lipinski definition) is 15. The molecule has 20 heteroatoms. The Bertz CT molecular complexity index is 2570. The number of non-ortho nitro benzene ring substituents is 1. The summed E-state index contributed by atoms with van der Waals surface area (Å²) in [6.45, 7) is 46.9. The molecule has 3 unspecified atom stereocenters. The smallest absolute Gasteiger partial charge is 0.338 e. The van der Waals surface area contributed by atoms with Crippen LogP contribution in [0, 0.1) is 74.6 Å². The number of aromatic nitrogens is 1. The Kier molecular flexibility index (Phi) is 55.3. The summed E-state index contributed by atoms with van der Waals surface area (Å²) < 4.78 is 19.2. The van der Waals surface area contributed by atoms with Crippen LogP contribution in [0.3, 0.4) is 0 Å². The normalized spacial score (nSPS) is 13.2. The number of hydrogen-bond donors (Lipinski definition) is 4. The molecule has 18 nitrogen and oxygen atoms in total. The minimum absolute atomic E-state index is 0.00222. The van der Waals surface area contributed by atoms with E-state index in [4.69, 9.17) is 37.5 Å². The van der Waals surface area contributed by atoms with Crippen LogP contribution < -0.4 is 11.1 Å². The van der Waals surface area contributed by atoms with Gasteiger partial charge in [0.15, 0.2) is 11.6 Å². The summed E-state index contributed by atoms with van der Waals surface area (Å²) in [7, 11) is 3.07. The van der Waals surface area contributed by atoms with Crippen molar-refractivity contribution < 1.29 is 53.1 Å². The van der Waals surface area contributed by atoms with Crippen LogP contribution in [-0.2, 0) is 19.2 Å². The number of rotatable bonds is 29. The van der Waals surface area contributed by atoms with Gasteiger partial charge in [-0.1, -0.05) is 222 Å². The number of hydroxylamine groups is 2. The Morgan fingerprint density at radius 1 is 0.677 bits per heavy atom. The molecule has 2 heterocycles. The van der Waals surface area contributed by atoms with Crippen molar-refractivity contribution in [3.05, 3.63) is 97.9 Å². The van der Waals surface area contributed by atoms with Crippen LogP contribution in [-0.4, -0.2) is 110 Å². The molecule has 0 bridgehead atoms. The molecule has 0 spiro atoms. The number of nitrogens with two attached hydrogens (primary N) is 1. The third kappa shape index (κ3) is 40.7. The van der Waals surface area contributed by atoms with Crippen LogP contribution in [0.2, 0.25) is 5.15 Å². The van der Waals surface area contributed by atoms with Gasteiger partial charge >= 0.3 is 5.97 Å². The molecule has 3 aromatic rings. The molecule has 3 amide bonds. The SMILES string of the molecule is CCCC(=O)C(C)C.CCCC(O)C(C)C.CCCC(O)C(C)C.CCCC(OC(=O)c1ccc([N+](=O)[O-])cc1)C(C)C.CCC[C@@H](N)C(C)C.CCC[C@@H](Nc1nc(Cl)c(C#N)cc1F)C(C)C.CCC[C@H](C(C)C)N1C(=O)c2ccccc2C1=O.CON(C)C(=O)C(C)C. The number of aliphatic hydroxyl groups is 2. The highest BCUT2D eigenvalue weighted by atomic mass is 35.5. The summed E-state index contributed by atoms with van der Waals surface area (Å²) in [6.07, 6.45) is 13.4. The number of amides is 3. The number of nitriles is 1. The van der Waals surface area contributed by atoms with Crippen LogP contribution in [0.15, 0.2) is 54.6 Å². The molecule has 0 radical (unpaired) electrons. The number of ether oxygens (including phenoxy) is 1. The average Bonchev–Trinajstić information content (AvgIpc) is 1.64. The molecule has 2 aromatic carbocycles. The van der Waals surface area contributed by atoms with Gasteiger partial charge in [0.1, 0.15) is 23.1 Å². The fraction of sp³-hybridized carbons (Fsp3) is 0.697. The largest absolute Gasteiger partial charge is 0.459 e. The van der Waals surface area contributed by atoms with Gasteiger partial charge in [-0.2, -0.15) is 5.26 Å². The maximum absolute atomic E-state index is 13.7. The van der Waals surface area contributed by atoms with Gasteiger partial charge in [0, 0.05) is 55.6 Å². The number of fused-ring (bicyclic) bond motifs is 1. The first-order chi connectivity index (χ1) is 44.8. The zero-order chi connectivity index (χ0) is 75.1. The Morgan fingerprint density at radius 2 is 1.14 bits per heavy atom. The molecule has 4 rings (SSSR count). The van der Waals surface area contributed by atoms with Crippen molar-refractivity contribution in [1.29, 1.82) is 5.26 Å². The topological polar surface area (TPSA) is 269 Å². The number of carbonyl (C=O) groups is 5. The van der Waals surface area contributed by atoms with E-state index in [1.165, 1.54) is 47.8 Å². The average molecular weight is 1370 g/mol. The van der Waals surface area contributed by atoms with Gasteiger partial charge < -0.3 is 26.0 Å². The highest BCUT2D eigenvalue weighted by molar-refractivity contribution is 6.30. The maximum atomic E-state index is 13.7. The van der Waals surface area contributed by atoms with E-state index in [0.717, 1.165) is 89.5 Å². The number of nitro benzene ring substituents is 1. The number of benzene rings is 2. The summed E-state index contributed by atoms with van der Waals surface area (Å²) in [5.74, 6) is 1.89. The summed E-state index contributed by atoms with van der Waals surface area (Å²) in [6, 6.07) is 16.0. The lowest BCUT2D eigenvalue weighted by atomic mass is 9.98. The maximum Gasteiger partial charge on any atom is 0.338 e. The second-order valence-corrected chi connectivity index (χ2v) is 27.3. The number of nitro groups is 1. The quantitative estimate of drug-likeness (QED) is 0.0165. The number of halogens is 2. The van der Waals surface area contributed by atoms with Crippen LogP contribution in [0.25, 0.3) is 0 Å². The second kappa shape index (κ2) is 55.0. The van der Waals surface area contributed by atoms with Gasteiger partial charge in [-0.25, -0.2) is 19.2 Å². The third-order valence-corrected chi connectivity index (χ3v) is 15.9. The Morgan fingerprint density at radius 3 is 1.43 bits per heavy atom. The van der Waals surface area contributed by atoms with Crippen molar-refractivity contribution in [3.8, 4) is 6.07 Å². The van der Waals surface area contributed by atoms with Crippen molar-refractivity contribution >= 4 is 52.6 Å². The first-order valence-corrected chi connectivity index (χ1v) is 35.6. The third-order valence-electron chi connectivity index (χ3n) is 15.6. The summed E-state index contributed by atoms with van der Waals surface area (Å²) in [4.78, 5) is 78.3. The van der Waals surface area contributed by atoms with Crippen LogP contribution in [0.4, 0.5) is 15.9 Å². The highest BCUT2D eigenvalue weighted by Gasteiger charge is 2.40. The zero-order valence-corrected chi connectivity index (χ0v) is 64.6. The molecule has 550 valence electrons. The Balaban J connectivity index is -0.000000520. The van der Waals surface area contributed by atoms with Crippen molar-refractivity contribution in [2.24, 2.45) is 53.1 Å². The van der Waals surface area contributed by atoms with Gasteiger partial charge in [-0.3, -0.25) is 39.0 Å². The number of anilines is 1. The number of ketones is 1. The fourth-order valence-electron chi connectivity index (χ4n) is 8.92. The molecule has 1 aliphatic rings. The van der Waals surface area contributed by atoms with Gasteiger partial charge in [0.05, 0.1) is 46.5 Å². The van der Waals surface area contributed by atoms with E-state index in [1.807, 2.05) is 83.1 Å². The van der Waals surface area contributed by atoms with E-state index in [-0.39, 0.29) is 94.0 Å². The lowest BCUT2D eigenvalue weighted by molar-refractivity contribution is -0.384. The molecular weight excluding hydrogens is 1240 g/mol. The van der Waals surface area contributed by atoms with E-state index in [9.17, 15) is 38.5 Å². The Hall–Kier alpha value is -5.91. The van der Waals surface area contributed by atoms with E-state index >= 15 is 0 Å². The van der Waals surface area contributed by atoms with E-state index in [0.29, 0.717) is 52.2 Å². The van der Waals surface area contributed by atoms with Crippen molar-refractivity contribution in [1.82, 2.24) is 14.9 Å². The van der Waals surface area contributed by atoms with Gasteiger partial charge in [-0.05, 0) is 111 Å². The molecular formula is C76H131ClFN7O11. The number of pyridine rings is 1. The first kappa shape index (κ1) is 96.5. The van der Waals surface area contributed by atoms with Crippen LogP contribution in [0.5, 0.6) is 0 Å². The molecule has 5 N–H and O–H groups in total. The van der Waals surface area contributed by atoms with Gasteiger partial charge in [-0.15, -0.1) is 0 Å². The molecule has 1 aliphatic heterocycles. The lowest BCUT2D eigenvalue weighted by Gasteiger charge is -2.29. The number of Topliss-reactive ketones (excluding diaryl/α,β-unsaturated/α-hetero) is 1. The van der Waals surface area contributed by atoms with E-state index < -0.39 is 16.7 Å². The van der Waals surface area contributed by atoms with Crippen LogP contribution in [0.1, 0.15) is 286 Å². The molecule has 0 aliphatic carbocycles. The number of imide groups is 1. The predicted molar refractivity (Wildman–Crippen MR) is 392 cm³/mol. The minimum Gasteiger partial charge on any atom is -0.459 e. The highest BCUT2D eigenvalue weighted by Crippen LogP contribution is 2.29. The van der Waals surface area contributed by atoms with Crippen molar-refractivity contribution in [3.63, 3.8) is 0 Å². The van der Waals surface area contributed by atoms with Gasteiger partial charge in [0.2, 0.25) is 5.91 Å². The predicted octanol–water partition coefficient (Wildman–Crippen LogP) is 18.7. The van der Waals surface area contributed by atoms with E-state index in [2.05, 4.69) is 91.3 Å².